The molecule has 4 heterocycles. The van der Waals surface area contributed by atoms with Gasteiger partial charge in [0.15, 0.2) is 0 Å². The van der Waals surface area contributed by atoms with Crippen molar-refractivity contribution in [2.75, 3.05) is 13.1 Å². The summed E-state index contributed by atoms with van der Waals surface area (Å²) in [6.07, 6.45) is 17.2. The Balaban J connectivity index is 1.47. The molecule has 0 aliphatic carbocycles. The third-order valence-corrected chi connectivity index (χ3v) is 7.58. The fourth-order valence-electron chi connectivity index (χ4n) is 4.99. The molecule has 242 valence electrons. The molecule has 0 saturated carbocycles. The molecule has 0 radical (unpaired) electrons. The number of hydrogen-bond acceptors (Lipinski definition) is 10. The fourth-order valence-corrected chi connectivity index (χ4v) is 4.99. The Bertz CT molecular complexity index is 1120. The topological polar surface area (TPSA) is 129 Å². The van der Waals surface area contributed by atoms with Crippen molar-refractivity contribution in [1.82, 2.24) is 69.8 Å². The van der Waals surface area contributed by atoms with Crippen LogP contribution in [0.1, 0.15) is 102 Å². The maximum atomic E-state index is 4.49. The van der Waals surface area contributed by atoms with Gasteiger partial charge in [0.25, 0.3) is 0 Å². The number of rotatable bonds is 23. The summed E-state index contributed by atoms with van der Waals surface area (Å²) in [4.78, 5) is 4.76. The smallest absolute Gasteiger partial charge is 0.0967 e. The molecule has 0 N–H and O–H groups in total. The van der Waals surface area contributed by atoms with Crippen LogP contribution in [0.25, 0.3) is 0 Å². The minimum absolute atomic E-state index is 0.683. The van der Waals surface area contributed by atoms with Crippen LogP contribution in [-0.2, 0) is 52.4 Å². The zero-order valence-electron chi connectivity index (χ0n) is 27.3. The fraction of sp³-hybridized carbons (Fsp3) is 0.733. The van der Waals surface area contributed by atoms with E-state index >= 15 is 0 Å². The van der Waals surface area contributed by atoms with E-state index in [2.05, 4.69) is 104 Å². The van der Waals surface area contributed by atoms with Crippen LogP contribution in [0.4, 0.5) is 0 Å². The van der Waals surface area contributed by atoms with Gasteiger partial charge in [0.1, 0.15) is 0 Å². The van der Waals surface area contributed by atoms with Gasteiger partial charge in [0, 0.05) is 90.2 Å². The van der Waals surface area contributed by atoms with E-state index < -0.39 is 0 Å². The van der Waals surface area contributed by atoms with E-state index in [1.54, 1.807) is 0 Å². The van der Waals surface area contributed by atoms with Crippen LogP contribution in [0.3, 0.4) is 0 Å². The zero-order chi connectivity index (χ0) is 31.0. The molecule has 0 atom stereocenters. The first-order valence-corrected chi connectivity index (χ1v) is 16.6. The number of hydrogen-bond donors (Lipinski definition) is 0. The Morgan fingerprint density at radius 1 is 0.432 bits per heavy atom. The van der Waals surface area contributed by atoms with Crippen LogP contribution in [0.5, 0.6) is 0 Å². The van der Waals surface area contributed by atoms with E-state index in [1.807, 2.05) is 18.7 Å². The summed E-state index contributed by atoms with van der Waals surface area (Å²) in [6.45, 7) is 16.7. The maximum absolute atomic E-state index is 4.49. The Morgan fingerprint density at radius 2 is 0.682 bits per heavy atom. The normalized spacial score (nSPS) is 11.9. The van der Waals surface area contributed by atoms with Crippen molar-refractivity contribution in [3.63, 3.8) is 0 Å². The molecule has 0 aliphatic heterocycles. The van der Waals surface area contributed by atoms with Crippen LogP contribution in [0, 0.1) is 0 Å². The summed E-state index contributed by atoms with van der Waals surface area (Å²) < 4.78 is 7.81. The van der Waals surface area contributed by atoms with Crippen LogP contribution in [0.2, 0.25) is 0 Å². The van der Waals surface area contributed by atoms with Crippen molar-refractivity contribution in [2.45, 2.75) is 131 Å². The SMILES string of the molecule is CCCCn1cc(CN(CCN(Cc2cn(CCCC)nn2)Cc2cn(CCCC)nn2)Cc2cn(CCCC)nn2)nn1. The number of unbranched alkanes of at least 4 members (excludes halogenated alkanes) is 4. The van der Waals surface area contributed by atoms with E-state index in [9.17, 15) is 0 Å². The first-order valence-electron chi connectivity index (χ1n) is 16.6. The van der Waals surface area contributed by atoms with E-state index in [1.165, 1.54) is 0 Å². The van der Waals surface area contributed by atoms with Gasteiger partial charge in [-0.15, -0.1) is 20.4 Å². The first kappa shape index (κ1) is 33.4. The van der Waals surface area contributed by atoms with Gasteiger partial charge in [0.05, 0.1) is 22.8 Å². The Labute approximate surface area is 261 Å². The van der Waals surface area contributed by atoms with E-state index in [4.69, 9.17) is 0 Å². The molecule has 0 aromatic carbocycles. The lowest BCUT2D eigenvalue weighted by molar-refractivity contribution is 0.177. The van der Waals surface area contributed by atoms with Gasteiger partial charge >= 0.3 is 0 Å². The number of nitrogens with zero attached hydrogens (tertiary/aromatic N) is 14. The van der Waals surface area contributed by atoms with Crippen LogP contribution in [-0.4, -0.2) is 82.9 Å². The predicted octanol–water partition coefficient (Wildman–Crippen LogP) is 3.96. The Kier molecular flexibility index (Phi) is 13.9. The van der Waals surface area contributed by atoms with Crippen molar-refractivity contribution in [2.24, 2.45) is 0 Å². The first-order chi connectivity index (χ1) is 21.6. The highest BCUT2D eigenvalue weighted by atomic mass is 15.4. The summed E-state index contributed by atoms with van der Waals surface area (Å²) >= 11 is 0. The van der Waals surface area contributed by atoms with Crippen molar-refractivity contribution in [3.8, 4) is 0 Å². The second-order valence-electron chi connectivity index (χ2n) is 11.7. The molecule has 0 amide bonds. The molecule has 4 aromatic rings. The number of aryl methyl sites for hydroxylation is 4. The lowest BCUT2D eigenvalue weighted by Gasteiger charge is -2.25. The summed E-state index contributed by atoms with van der Waals surface area (Å²) in [6, 6.07) is 0. The molecule has 0 fully saturated rings. The summed E-state index contributed by atoms with van der Waals surface area (Å²) in [5.41, 5.74) is 3.85. The second kappa shape index (κ2) is 18.3. The minimum Gasteiger partial charge on any atom is -0.290 e. The molecular formula is C30H52N14. The largest absolute Gasteiger partial charge is 0.290 e. The van der Waals surface area contributed by atoms with E-state index in [-0.39, 0.29) is 0 Å². The lowest BCUT2D eigenvalue weighted by Crippen LogP contribution is -2.34. The maximum Gasteiger partial charge on any atom is 0.0967 e. The van der Waals surface area contributed by atoms with Gasteiger partial charge in [-0.1, -0.05) is 74.2 Å². The molecule has 0 bridgehead atoms. The van der Waals surface area contributed by atoms with Gasteiger partial charge in [-0.3, -0.25) is 28.5 Å². The molecule has 4 aromatic heterocycles. The van der Waals surface area contributed by atoms with E-state index in [0.29, 0.717) is 26.2 Å². The third kappa shape index (κ3) is 11.2. The average Bonchev–Trinajstić information content (AvgIpc) is 3.85. The summed E-state index contributed by atoms with van der Waals surface area (Å²) in [5, 5.41) is 35.4. The van der Waals surface area contributed by atoms with Gasteiger partial charge in [-0.25, -0.2) is 0 Å². The zero-order valence-corrected chi connectivity index (χ0v) is 27.3. The van der Waals surface area contributed by atoms with Crippen molar-refractivity contribution in [3.05, 3.63) is 47.6 Å². The van der Waals surface area contributed by atoms with Crippen molar-refractivity contribution >= 4 is 0 Å². The predicted molar refractivity (Wildman–Crippen MR) is 168 cm³/mol. The average molecular weight is 609 g/mol. The quantitative estimate of drug-likeness (QED) is 0.122. The minimum atomic E-state index is 0.683. The third-order valence-electron chi connectivity index (χ3n) is 7.58. The van der Waals surface area contributed by atoms with Gasteiger partial charge in [-0.2, -0.15) is 0 Å². The highest BCUT2D eigenvalue weighted by Gasteiger charge is 2.17. The monoisotopic (exact) mass is 608 g/mol. The van der Waals surface area contributed by atoms with Gasteiger partial charge < -0.3 is 0 Å². The molecule has 44 heavy (non-hydrogen) atoms. The van der Waals surface area contributed by atoms with Crippen LogP contribution >= 0.6 is 0 Å². The van der Waals surface area contributed by atoms with Gasteiger partial charge in [-0.05, 0) is 25.7 Å². The van der Waals surface area contributed by atoms with Crippen molar-refractivity contribution in [1.29, 1.82) is 0 Å². The molecule has 0 aliphatic rings. The molecule has 0 unspecified atom stereocenters. The van der Waals surface area contributed by atoms with Crippen molar-refractivity contribution < 1.29 is 0 Å². The van der Waals surface area contributed by atoms with E-state index in [0.717, 1.165) is 113 Å². The molecule has 0 saturated heterocycles. The lowest BCUT2D eigenvalue weighted by atomic mass is 10.3. The molecule has 14 heteroatoms. The van der Waals surface area contributed by atoms with Gasteiger partial charge in [0.2, 0.25) is 0 Å². The van der Waals surface area contributed by atoms with Crippen LogP contribution in [0.15, 0.2) is 24.8 Å². The molecule has 4 rings (SSSR count). The Morgan fingerprint density at radius 3 is 0.909 bits per heavy atom. The highest BCUT2D eigenvalue weighted by molar-refractivity contribution is 4.99. The van der Waals surface area contributed by atoms with Crippen LogP contribution < -0.4 is 0 Å². The highest BCUT2D eigenvalue weighted by Crippen LogP contribution is 2.12. The Hall–Kier alpha value is -3.52. The summed E-state index contributed by atoms with van der Waals surface area (Å²) in [7, 11) is 0. The molecule has 0 spiro atoms. The standard InChI is InChI=1S/C30H52N14/c1-5-9-13-41-23-27(31-35-41)19-39(20-28-24-42(36-32-28)14-10-6-2)17-18-40(21-29-25-43(37-33-29)15-11-7-3)22-30-26-44(38-34-30)16-12-8-4/h23-26H,5-22H2,1-4H3. The second-order valence-corrected chi connectivity index (χ2v) is 11.7. The number of aromatic nitrogens is 12. The molecule has 14 nitrogen and oxygen atoms in total. The molecular weight excluding hydrogens is 556 g/mol. The summed E-state index contributed by atoms with van der Waals surface area (Å²) in [5.74, 6) is 0.